The van der Waals surface area contributed by atoms with E-state index in [1.54, 1.807) is 0 Å². The number of hydrogen-bond acceptors (Lipinski definition) is 2. The van der Waals surface area contributed by atoms with E-state index in [0.717, 1.165) is 25.0 Å². The molecule has 2 rings (SSSR count). The number of aliphatic hydroxyl groups is 1. The first-order valence-corrected chi connectivity index (χ1v) is 6.77. The number of amides is 2. The molecule has 1 atom stereocenters. The SMILES string of the molecule is O=C(Nc1cccc(C(F)(F)F)c1)N1CCCC[C@H]1CO. The van der Waals surface area contributed by atoms with Gasteiger partial charge in [-0.25, -0.2) is 4.79 Å². The normalized spacial score (nSPS) is 19.4. The van der Waals surface area contributed by atoms with Gasteiger partial charge < -0.3 is 15.3 Å². The van der Waals surface area contributed by atoms with Crippen LogP contribution in [0.4, 0.5) is 23.7 Å². The lowest BCUT2D eigenvalue weighted by atomic mass is 10.0. The number of carbonyl (C=O) groups excluding carboxylic acids is 1. The molecule has 0 unspecified atom stereocenters. The number of anilines is 1. The minimum atomic E-state index is -4.44. The van der Waals surface area contributed by atoms with Crippen molar-refractivity contribution in [2.75, 3.05) is 18.5 Å². The van der Waals surface area contributed by atoms with Gasteiger partial charge in [-0.15, -0.1) is 0 Å². The molecule has 1 saturated heterocycles. The Labute approximate surface area is 120 Å². The highest BCUT2D eigenvalue weighted by Crippen LogP contribution is 2.30. The molecule has 1 aliphatic heterocycles. The van der Waals surface area contributed by atoms with Crippen LogP contribution in [-0.4, -0.2) is 35.2 Å². The average Bonchev–Trinajstić information content (AvgIpc) is 2.46. The largest absolute Gasteiger partial charge is 0.416 e. The van der Waals surface area contributed by atoms with E-state index in [0.29, 0.717) is 13.0 Å². The minimum Gasteiger partial charge on any atom is -0.394 e. The third-order valence-electron chi connectivity index (χ3n) is 3.54. The van der Waals surface area contributed by atoms with E-state index in [4.69, 9.17) is 0 Å². The molecule has 1 fully saturated rings. The Morgan fingerprint density at radius 2 is 2.14 bits per heavy atom. The Balaban J connectivity index is 2.08. The summed E-state index contributed by atoms with van der Waals surface area (Å²) in [6.45, 7) is 0.353. The van der Waals surface area contributed by atoms with Gasteiger partial charge in [0.1, 0.15) is 0 Å². The Kier molecular flexibility index (Phi) is 4.72. The van der Waals surface area contributed by atoms with Crippen LogP contribution >= 0.6 is 0 Å². The van der Waals surface area contributed by atoms with Crippen LogP contribution in [-0.2, 0) is 6.18 Å². The second-order valence-electron chi connectivity index (χ2n) is 5.03. The topological polar surface area (TPSA) is 52.6 Å². The van der Waals surface area contributed by atoms with Gasteiger partial charge in [-0.3, -0.25) is 0 Å². The van der Waals surface area contributed by atoms with Gasteiger partial charge in [-0.05, 0) is 37.5 Å². The molecule has 0 aliphatic carbocycles. The van der Waals surface area contributed by atoms with Crippen LogP contribution < -0.4 is 5.32 Å². The van der Waals surface area contributed by atoms with Crippen molar-refractivity contribution in [2.24, 2.45) is 0 Å². The molecule has 2 amide bonds. The molecular weight excluding hydrogens is 285 g/mol. The number of urea groups is 1. The fraction of sp³-hybridized carbons (Fsp3) is 0.500. The van der Waals surface area contributed by atoms with Gasteiger partial charge in [0.25, 0.3) is 0 Å². The summed E-state index contributed by atoms with van der Waals surface area (Å²) in [7, 11) is 0. The highest BCUT2D eigenvalue weighted by molar-refractivity contribution is 5.89. The molecular formula is C14H17F3N2O2. The number of aliphatic hydroxyl groups excluding tert-OH is 1. The molecule has 1 heterocycles. The molecule has 0 aromatic heterocycles. The van der Waals surface area contributed by atoms with Crippen LogP contribution in [0.2, 0.25) is 0 Å². The first-order valence-electron chi connectivity index (χ1n) is 6.77. The summed E-state index contributed by atoms with van der Waals surface area (Å²) in [5.74, 6) is 0. The zero-order valence-electron chi connectivity index (χ0n) is 11.4. The number of nitrogens with one attached hydrogen (secondary N) is 1. The molecule has 1 aliphatic rings. The van der Waals surface area contributed by atoms with Gasteiger partial charge in [-0.2, -0.15) is 13.2 Å². The van der Waals surface area contributed by atoms with E-state index < -0.39 is 17.8 Å². The lowest BCUT2D eigenvalue weighted by molar-refractivity contribution is -0.137. The molecule has 0 radical (unpaired) electrons. The van der Waals surface area contributed by atoms with Crippen molar-refractivity contribution in [3.8, 4) is 0 Å². The highest BCUT2D eigenvalue weighted by Gasteiger charge is 2.31. The molecule has 1 aromatic rings. The van der Waals surface area contributed by atoms with E-state index in [1.165, 1.54) is 17.0 Å². The molecule has 7 heteroatoms. The van der Waals surface area contributed by atoms with Crippen molar-refractivity contribution < 1.29 is 23.1 Å². The molecule has 0 bridgehead atoms. The number of likely N-dealkylation sites (tertiary alicyclic amines) is 1. The standard InChI is InChI=1S/C14H17F3N2O2/c15-14(16,17)10-4-3-5-11(8-10)18-13(21)19-7-2-1-6-12(19)9-20/h3-5,8,12,20H,1-2,6-7,9H2,(H,18,21)/t12-/m0/s1. The van der Waals surface area contributed by atoms with Crippen molar-refractivity contribution in [2.45, 2.75) is 31.5 Å². The lowest BCUT2D eigenvalue weighted by Crippen LogP contribution is -2.47. The summed E-state index contributed by atoms with van der Waals surface area (Å²) in [5, 5.41) is 11.7. The highest BCUT2D eigenvalue weighted by atomic mass is 19.4. The van der Waals surface area contributed by atoms with Gasteiger partial charge in [-0.1, -0.05) is 6.07 Å². The van der Waals surface area contributed by atoms with Gasteiger partial charge in [0.2, 0.25) is 0 Å². The number of halogens is 3. The Bertz CT molecular complexity index is 505. The zero-order valence-corrected chi connectivity index (χ0v) is 11.4. The fourth-order valence-corrected chi connectivity index (χ4v) is 2.43. The van der Waals surface area contributed by atoms with Crippen LogP contribution in [0.15, 0.2) is 24.3 Å². The molecule has 116 valence electrons. The number of benzene rings is 1. The van der Waals surface area contributed by atoms with Crippen LogP contribution in [0.1, 0.15) is 24.8 Å². The summed E-state index contributed by atoms with van der Waals surface area (Å²) in [4.78, 5) is 13.6. The van der Waals surface area contributed by atoms with Gasteiger partial charge in [0.15, 0.2) is 0 Å². The summed E-state index contributed by atoms with van der Waals surface area (Å²) in [6, 6.07) is 3.75. The minimum absolute atomic E-state index is 0.0945. The smallest absolute Gasteiger partial charge is 0.394 e. The maximum absolute atomic E-state index is 12.6. The molecule has 1 aromatic carbocycles. The maximum atomic E-state index is 12.6. The molecule has 2 N–H and O–H groups in total. The molecule has 21 heavy (non-hydrogen) atoms. The summed E-state index contributed by atoms with van der Waals surface area (Å²) in [6.07, 6.45) is -1.99. The number of alkyl halides is 3. The predicted molar refractivity (Wildman–Crippen MR) is 71.9 cm³/mol. The summed E-state index contributed by atoms with van der Waals surface area (Å²) >= 11 is 0. The van der Waals surface area contributed by atoms with E-state index in [-0.39, 0.29) is 18.3 Å². The van der Waals surface area contributed by atoms with E-state index in [1.807, 2.05) is 0 Å². The van der Waals surface area contributed by atoms with Gasteiger partial charge >= 0.3 is 12.2 Å². The van der Waals surface area contributed by atoms with Crippen molar-refractivity contribution in [3.05, 3.63) is 29.8 Å². The quantitative estimate of drug-likeness (QED) is 0.882. The van der Waals surface area contributed by atoms with E-state index >= 15 is 0 Å². The average molecular weight is 302 g/mol. The fourth-order valence-electron chi connectivity index (χ4n) is 2.43. The lowest BCUT2D eigenvalue weighted by Gasteiger charge is -2.34. The number of hydrogen-bond donors (Lipinski definition) is 2. The van der Waals surface area contributed by atoms with Crippen LogP contribution in [0.5, 0.6) is 0 Å². The van der Waals surface area contributed by atoms with Crippen LogP contribution in [0.25, 0.3) is 0 Å². The number of piperidine rings is 1. The van der Waals surface area contributed by atoms with E-state index in [9.17, 15) is 23.1 Å². The molecule has 0 saturated carbocycles. The second-order valence-corrected chi connectivity index (χ2v) is 5.03. The summed E-state index contributed by atoms with van der Waals surface area (Å²) < 4.78 is 37.9. The Morgan fingerprint density at radius 3 is 2.81 bits per heavy atom. The third-order valence-corrected chi connectivity index (χ3v) is 3.54. The van der Waals surface area contributed by atoms with Gasteiger partial charge in [0.05, 0.1) is 18.2 Å². The van der Waals surface area contributed by atoms with Crippen molar-refractivity contribution >= 4 is 11.7 Å². The number of nitrogens with zero attached hydrogens (tertiary/aromatic N) is 1. The zero-order chi connectivity index (χ0) is 15.5. The first kappa shape index (κ1) is 15.6. The monoisotopic (exact) mass is 302 g/mol. The van der Waals surface area contributed by atoms with Gasteiger partial charge in [0, 0.05) is 12.2 Å². The first-order chi connectivity index (χ1) is 9.91. The Morgan fingerprint density at radius 1 is 1.38 bits per heavy atom. The van der Waals surface area contributed by atoms with Crippen LogP contribution in [0.3, 0.4) is 0 Å². The van der Waals surface area contributed by atoms with E-state index in [2.05, 4.69) is 5.32 Å². The van der Waals surface area contributed by atoms with Crippen molar-refractivity contribution in [1.82, 2.24) is 4.90 Å². The number of rotatable bonds is 2. The molecule has 0 spiro atoms. The Hall–Kier alpha value is -1.76. The predicted octanol–water partition coefficient (Wildman–Crippen LogP) is 3.08. The molecule has 4 nitrogen and oxygen atoms in total. The summed E-state index contributed by atoms with van der Waals surface area (Å²) in [5.41, 5.74) is -0.713. The maximum Gasteiger partial charge on any atom is 0.416 e. The van der Waals surface area contributed by atoms with Crippen molar-refractivity contribution in [3.63, 3.8) is 0 Å². The second kappa shape index (κ2) is 6.34. The van der Waals surface area contributed by atoms with Crippen LogP contribution in [0, 0.1) is 0 Å². The number of carbonyl (C=O) groups is 1. The van der Waals surface area contributed by atoms with Crippen molar-refractivity contribution in [1.29, 1.82) is 0 Å². The third kappa shape index (κ3) is 3.87.